The van der Waals surface area contributed by atoms with E-state index in [1.807, 2.05) is 0 Å². The Hall–Kier alpha value is -1.43. The molecule has 0 unspecified atom stereocenters. The summed E-state index contributed by atoms with van der Waals surface area (Å²) in [6.07, 6.45) is 0.662. The quantitative estimate of drug-likeness (QED) is 0.587. The van der Waals surface area contributed by atoms with Gasteiger partial charge in [-0.3, -0.25) is 14.9 Å². The van der Waals surface area contributed by atoms with E-state index in [1.54, 1.807) is 4.90 Å². The first kappa shape index (κ1) is 11.1. The molecule has 0 saturated heterocycles. The molecule has 1 aliphatic heterocycles. The summed E-state index contributed by atoms with van der Waals surface area (Å²) in [6.45, 7) is 2.08. The van der Waals surface area contributed by atoms with Gasteiger partial charge in [0.05, 0.1) is 10.6 Å². The first-order valence-electron chi connectivity index (χ1n) is 4.75. The summed E-state index contributed by atoms with van der Waals surface area (Å²) < 4.78 is 0.601. The Morgan fingerprint density at radius 1 is 1.56 bits per heavy atom. The van der Waals surface area contributed by atoms with Gasteiger partial charge in [-0.25, -0.2) is 0 Å². The minimum absolute atomic E-state index is 0.0479. The van der Waals surface area contributed by atoms with Crippen molar-refractivity contribution < 1.29 is 9.72 Å². The van der Waals surface area contributed by atoms with Crippen LogP contribution in [0.15, 0.2) is 16.6 Å². The number of nitro groups is 1. The third-order valence-corrected chi connectivity index (χ3v) is 3.20. The van der Waals surface area contributed by atoms with Gasteiger partial charge in [-0.2, -0.15) is 0 Å². The number of fused-ring (bicyclic) bond motifs is 1. The van der Waals surface area contributed by atoms with Crippen LogP contribution < -0.4 is 4.90 Å². The Labute approximate surface area is 100 Å². The van der Waals surface area contributed by atoms with Crippen LogP contribution in [0.25, 0.3) is 0 Å². The van der Waals surface area contributed by atoms with Crippen molar-refractivity contribution in [3.05, 3.63) is 32.3 Å². The van der Waals surface area contributed by atoms with Crippen LogP contribution in [0.5, 0.6) is 0 Å². The summed E-state index contributed by atoms with van der Waals surface area (Å²) in [7, 11) is 0. The van der Waals surface area contributed by atoms with Gasteiger partial charge in [0.15, 0.2) is 0 Å². The zero-order valence-corrected chi connectivity index (χ0v) is 10.2. The van der Waals surface area contributed by atoms with Gasteiger partial charge in [-0.05, 0) is 27.9 Å². The molecule has 16 heavy (non-hydrogen) atoms. The summed E-state index contributed by atoms with van der Waals surface area (Å²) >= 11 is 3.28. The van der Waals surface area contributed by atoms with E-state index >= 15 is 0 Å². The number of anilines is 1. The first-order valence-corrected chi connectivity index (χ1v) is 5.55. The summed E-state index contributed by atoms with van der Waals surface area (Å²) in [4.78, 5) is 23.2. The molecule has 1 heterocycles. The summed E-state index contributed by atoms with van der Waals surface area (Å²) in [5.41, 5.74) is 1.66. The Morgan fingerprint density at radius 3 is 2.81 bits per heavy atom. The van der Waals surface area contributed by atoms with Crippen LogP contribution in [0.3, 0.4) is 0 Å². The number of benzene rings is 1. The van der Waals surface area contributed by atoms with Gasteiger partial charge in [-0.1, -0.05) is 0 Å². The van der Waals surface area contributed by atoms with E-state index in [-0.39, 0.29) is 11.6 Å². The number of halogens is 1. The van der Waals surface area contributed by atoms with Crippen LogP contribution in [0.1, 0.15) is 12.5 Å². The average Bonchev–Trinajstić information content (AvgIpc) is 2.61. The van der Waals surface area contributed by atoms with Crippen molar-refractivity contribution in [2.75, 3.05) is 11.4 Å². The number of carbonyl (C=O) groups excluding carboxylic acids is 1. The van der Waals surface area contributed by atoms with Crippen molar-refractivity contribution in [3.8, 4) is 0 Å². The van der Waals surface area contributed by atoms with Gasteiger partial charge < -0.3 is 4.90 Å². The number of rotatable bonds is 1. The van der Waals surface area contributed by atoms with E-state index in [0.29, 0.717) is 17.4 Å². The zero-order chi connectivity index (χ0) is 11.9. The predicted octanol–water partition coefficient (Wildman–Crippen LogP) is 2.27. The van der Waals surface area contributed by atoms with Crippen molar-refractivity contribution in [2.24, 2.45) is 0 Å². The predicted molar refractivity (Wildman–Crippen MR) is 62.5 cm³/mol. The number of amides is 1. The minimum Gasteiger partial charge on any atom is -0.311 e. The third kappa shape index (κ3) is 1.69. The van der Waals surface area contributed by atoms with E-state index in [1.165, 1.54) is 19.1 Å². The third-order valence-electron chi connectivity index (χ3n) is 2.59. The second kappa shape index (κ2) is 3.86. The van der Waals surface area contributed by atoms with Crippen LogP contribution in [0.2, 0.25) is 0 Å². The number of nitro benzene ring substituents is 1. The molecular weight excluding hydrogens is 276 g/mol. The highest BCUT2D eigenvalue weighted by Gasteiger charge is 2.27. The molecule has 0 spiro atoms. The highest BCUT2D eigenvalue weighted by molar-refractivity contribution is 9.10. The molecule has 1 aliphatic rings. The maximum atomic E-state index is 11.4. The molecular formula is C10H9BrN2O3. The van der Waals surface area contributed by atoms with Crippen molar-refractivity contribution in [1.29, 1.82) is 0 Å². The molecule has 2 rings (SSSR count). The van der Waals surface area contributed by atoms with Gasteiger partial charge >= 0.3 is 0 Å². The molecule has 1 amide bonds. The fraction of sp³-hybridized carbons (Fsp3) is 0.300. The van der Waals surface area contributed by atoms with E-state index < -0.39 is 4.92 Å². The fourth-order valence-electron chi connectivity index (χ4n) is 1.90. The molecule has 0 aliphatic carbocycles. The van der Waals surface area contributed by atoms with E-state index in [9.17, 15) is 14.9 Å². The second-order valence-corrected chi connectivity index (χ2v) is 4.47. The van der Waals surface area contributed by atoms with Crippen LogP contribution >= 0.6 is 15.9 Å². The van der Waals surface area contributed by atoms with E-state index in [0.717, 1.165) is 11.3 Å². The maximum Gasteiger partial charge on any atom is 0.270 e. The van der Waals surface area contributed by atoms with Crippen molar-refractivity contribution in [2.45, 2.75) is 13.3 Å². The molecule has 6 heteroatoms. The number of carbonyl (C=O) groups is 1. The summed E-state index contributed by atoms with van der Waals surface area (Å²) in [6, 6.07) is 2.96. The van der Waals surface area contributed by atoms with Gasteiger partial charge in [0.25, 0.3) is 5.69 Å². The minimum atomic E-state index is -0.429. The largest absolute Gasteiger partial charge is 0.311 e. The number of hydrogen-bond acceptors (Lipinski definition) is 3. The summed E-state index contributed by atoms with van der Waals surface area (Å²) in [5, 5.41) is 10.7. The Bertz CT molecular complexity index is 487. The standard InChI is InChI=1S/C10H9BrN2O3/c1-6(14)12-3-2-7-4-8(13(15)16)5-9(11)10(7)12/h4-5H,2-3H2,1H3. The smallest absolute Gasteiger partial charge is 0.270 e. The monoisotopic (exact) mass is 284 g/mol. The molecule has 0 saturated carbocycles. The highest BCUT2D eigenvalue weighted by atomic mass is 79.9. The Balaban J connectivity index is 2.54. The summed E-state index contributed by atoms with van der Waals surface area (Å²) in [5.74, 6) is -0.0479. The molecule has 0 atom stereocenters. The molecule has 0 fully saturated rings. The van der Waals surface area contributed by atoms with Gasteiger partial charge in [0.1, 0.15) is 0 Å². The van der Waals surface area contributed by atoms with E-state index in [2.05, 4.69) is 15.9 Å². The normalized spacial score (nSPS) is 13.8. The average molecular weight is 285 g/mol. The number of nitrogens with zero attached hydrogens (tertiary/aromatic N) is 2. The molecule has 1 aromatic carbocycles. The van der Waals surface area contributed by atoms with Crippen LogP contribution in [0, 0.1) is 10.1 Å². The lowest BCUT2D eigenvalue weighted by Gasteiger charge is -2.15. The molecule has 0 bridgehead atoms. The first-order chi connectivity index (χ1) is 7.50. The molecule has 84 valence electrons. The zero-order valence-electron chi connectivity index (χ0n) is 8.57. The van der Waals surface area contributed by atoms with Crippen LogP contribution in [0.4, 0.5) is 11.4 Å². The van der Waals surface area contributed by atoms with Gasteiger partial charge in [-0.15, -0.1) is 0 Å². The lowest BCUT2D eigenvalue weighted by atomic mass is 10.1. The molecule has 5 nitrogen and oxygen atoms in total. The molecule has 0 N–H and O–H groups in total. The van der Waals surface area contributed by atoms with Crippen molar-refractivity contribution in [1.82, 2.24) is 0 Å². The lowest BCUT2D eigenvalue weighted by molar-refractivity contribution is -0.385. The number of hydrogen-bond donors (Lipinski definition) is 0. The number of non-ortho nitro benzene ring substituents is 1. The highest BCUT2D eigenvalue weighted by Crippen LogP contribution is 2.38. The van der Waals surface area contributed by atoms with Crippen molar-refractivity contribution in [3.63, 3.8) is 0 Å². The second-order valence-electron chi connectivity index (χ2n) is 3.61. The van der Waals surface area contributed by atoms with Gasteiger partial charge in [0.2, 0.25) is 5.91 Å². The molecule has 1 aromatic rings. The Kier molecular flexibility index (Phi) is 2.67. The lowest BCUT2D eigenvalue weighted by Crippen LogP contribution is -2.26. The maximum absolute atomic E-state index is 11.4. The van der Waals surface area contributed by atoms with Crippen molar-refractivity contribution >= 4 is 33.2 Å². The topological polar surface area (TPSA) is 63.5 Å². The van der Waals surface area contributed by atoms with Crippen LogP contribution in [-0.4, -0.2) is 17.4 Å². The van der Waals surface area contributed by atoms with Gasteiger partial charge in [0, 0.05) is 30.1 Å². The Morgan fingerprint density at radius 2 is 2.25 bits per heavy atom. The molecule has 0 aromatic heterocycles. The van der Waals surface area contributed by atoms with E-state index in [4.69, 9.17) is 0 Å². The van der Waals surface area contributed by atoms with Crippen LogP contribution in [-0.2, 0) is 11.2 Å². The fourth-order valence-corrected chi connectivity index (χ4v) is 2.60. The SMILES string of the molecule is CC(=O)N1CCc2cc([N+](=O)[O-])cc(Br)c21. The molecule has 0 radical (unpaired) electrons.